The Morgan fingerprint density at radius 2 is 0.375 bits per heavy atom. The molecule has 0 bridgehead atoms. The first kappa shape index (κ1) is 40.0. The minimum Gasteiger partial charge on any atom is -0.479 e. The zero-order valence-corrected chi connectivity index (χ0v) is 17.4. The van der Waals surface area contributed by atoms with Gasteiger partial charge in [-0.3, -0.25) is 0 Å². The predicted octanol–water partition coefficient (Wildman–Crippen LogP) is -6.37. The van der Waals surface area contributed by atoms with E-state index in [1.165, 1.54) is 0 Å². The first-order valence-corrected chi connectivity index (χ1v) is 6.85. The second-order valence-corrected chi connectivity index (χ2v) is 4.70. The molecule has 32 heavy (non-hydrogen) atoms. The molecule has 20 heteroatoms. The summed E-state index contributed by atoms with van der Waals surface area (Å²) in [5, 5.41) is 97.6. The number of hydrogen-bond donors (Lipinski definition) is 12. The van der Waals surface area contributed by atoms with Gasteiger partial charge in [-0.2, -0.15) is 0 Å². The van der Waals surface area contributed by atoms with Crippen molar-refractivity contribution in [3.8, 4) is 0 Å². The summed E-state index contributed by atoms with van der Waals surface area (Å²) in [6, 6.07) is 0. The van der Waals surface area contributed by atoms with E-state index in [0.717, 1.165) is 0 Å². The van der Waals surface area contributed by atoms with Gasteiger partial charge in [-0.1, -0.05) is 0 Å². The molecule has 0 rings (SSSR count). The van der Waals surface area contributed by atoms with Crippen LogP contribution in [0.4, 0.5) is 0 Å². The summed E-state index contributed by atoms with van der Waals surface area (Å²) in [6.45, 7) is 0. The number of carbonyl (C=O) groups is 6. The van der Waals surface area contributed by atoms with Gasteiger partial charge in [-0.05, 0) is 0 Å². The molecular formula is C12H18Mn2O18. The van der Waals surface area contributed by atoms with Crippen LogP contribution >= 0.6 is 0 Å². The molecule has 0 aliphatic carbocycles. The number of aliphatic hydroxyl groups is 6. The minimum atomic E-state index is -2.27. The molecule has 0 aliphatic rings. The van der Waals surface area contributed by atoms with Crippen molar-refractivity contribution in [3.05, 3.63) is 0 Å². The molecule has 12 N–H and O–H groups in total. The van der Waals surface area contributed by atoms with Crippen molar-refractivity contribution < 1.29 is 124 Å². The normalized spacial score (nSPS) is 14.8. The van der Waals surface area contributed by atoms with E-state index in [9.17, 15) is 28.8 Å². The topological polar surface area (TPSA) is 345 Å². The van der Waals surface area contributed by atoms with Gasteiger partial charge in [0.1, 0.15) is 0 Å². The van der Waals surface area contributed by atoms with E-state index in [1.54, 1.807) is 0 Å². The fourth-order valence-electron chi connectivity index (χ4n) is 0.810. The van der Waals surface area contributed by atoms with E-state index in [-0.39, 0.29) is 34.1 Å². The molecule has 0 heterocycles. The van der Waals surface area contributed by atoms with Crippen molar-refractivity contribution in [2.75, 3.05) is 0 Å². The molecule has 0 saturated carbocycles. The van der Waals surface area contributed by atoms with E-state index in [0.29, 0.717) is 0 Å². The Morgan fingerprint density at radius 3 is 0.406 bits per heavy atom. The largest absolute Gasteiger partial charge is 0.479 e. The molecule has 0 fully saturated rings. The molecule has 0 saturated heterocycles. The van der Waals surface area contributed by atoms with Crippen molar-refractivity contribution in [1.82, 2.24) is 0 Å². The number of carboxylic acid groups (broad SMARTS) is 6. The van der Waals surface area contributed by atoms with Gasteiger partial charge in [0.05, 0.1) is 0 Å². The maximum Gasteiger partial charge on any atom is 0.335 e. The van der Waals surface area contributed by atoms with Crippen molar-refractivity contribution in [1.29, 1.82) is 0 Å². The Balaban J connectivity index is -0.000000110. The second kappa shape index (κ2) is 19.3. The molecule has 0 aliphatic heterocycles. The Hall–Kier alpha value is -2.38. The van der Waals surface area contributed by atoms with Crippen LogP contribution in [0.15, 0.2) is 0 Å². The van der Waals surface area contributed by atoms with Gasteiger partial charge in [0.2, 0.25) is 0 Å². The smallest absolute Gasteiger partial charge is 0.335 e. The van der Waals surface area contributed by atoms with E-state index in [1.807, 2.05) is 0 Å². The van der Waals surface area contributed by atoms with Crippen LogP contribution in [0.1, 0.15) is 0 Å². The zero-order chi connectivity index (χ0) is 24.9. The van der Waals surface area contributed by atoms with Crippen molar-refractivity contribution in [2.24, 2.45) is 0 Å². The van der Waals surface area contributed by atoms with Gasteiger partial charge in [-0.15, -0.1) is 0 Å². The summed E-state index contributed by atoms with van der Waals surface area (Å²) in [6.07, 6.45) is -13.6. The van der Waals surface area contributed by atoms with Crippen molar-refractivity contribution >= 4 is 35.8 Å². The summed E-state index contributed by atoms with van der Waals surface area (Å²) >= 11 is 0. The number of rotatable bonds is 9. The maximum absolute atomic E-state index is 9.77. The molecule has 0 aromatic heterocycles. The van der Waals surface area contributed by atoms with Crippen molar-refractivity contribution in [2.45, 2.75) is 36.6 Å². The summed E-state index contributed by atoms with van der Waals surface area (Å²) < 4.78 is 0. The van der Waals surface area contributed by atoms with Crippen LogP contribution in [0.2, 0.25) is 0 Å². The first-order chi connectivity index (χ1) is 13.4. The number of aliphatic hydroxyl groups excluding tert-OH is 6. The second-order valence-electron chi connectivity index (χ2n) is 4.70. The summed E-state index contributed by atoms with van der Waals surface area (Å²) in [7, 11) is 0. The van der Waals surface area contributed by atoms with E-state index >= 15 is 0 Å². The van der Waals surface area contributed by atoms with E-state index < -0.39 is 72.4 Å². The average Bonchev–Trinajstić information content (AvgIpc) is 2.64. The van der Waals surface area contributed by atoms with Gasteiger partial charge in [0.25, 0.3) is 0 Å². The summed E-state index contributed by atoms with van der Waals surface area (Å²) in [4.78, 5) is 58.6. The third-order valence-electron chi connectivity index (χ3n) is 2.42. The fraction of sp³-hybridized carbons (Fsp3) is 0.500. The molecule has 2 radical (unpaired) electrons. The van der Waals surface area contributed by atoms with Crippen LogP contribution in [0.5, 0.6) is 0 Å². The SMILES string of the molecule is O=C(O)C(O)C(O)C(=O)O.O=C(O)C(O)C(O)C(=O)O.O=C(O)C(O)C(O)C(=O)O.[Mn].[Mn]. The van der Waals surface area contributed by atoms with Crippen LogP contribution in [-0.2, 0) is 62.9 Å². The van der Waals surface area contributed by atoms with Gasteiger partial charge < -0.3 is 61.3 Å². The number of hydrogen-bond acceptors (Lipinski definition) is 12. The molecule has 18 nitrogen and oxygen atoms in total. The molecule has 6 unspecified atom stereocenters. The van der Waals surface area contributed by atoms with Crippen LogP contribution in [-0.4, -0.2) is 134 Å². The summed E-state index contributed by atoms with van der Waals surface area (Å²) in [5.41, 5.74) is 0. The monoisotopic (exact) mass is 560 g/mol. The molecule has 0 spiro atoms. The fourth-order valence-corrected chi connectivity index (χ4v) is 0.810. The standard InChI is InChI=1S/3C4H6O6.2Mn/c3*5-1(3(7)8)2(6)4(9)10;;/h3*1-2,5-6H,(H,7,8)(H,9,10);;. The number of aliphatic carboxylic acids is 6. The molecule has 6 atom stereocenters. The minimum absolute atomic E-state index is 0. The quantitative estimate of drug-likeness (QED) is 0.117. The summed E-state index contributed by atoms with van der Waals surface area (Å²) in [5.74, 6) is -10.6. The Bertz CT molecular complexity index is 498. The van der Waals surface area contributed by atoms with Crippen LogP contribution in [0.3, 0.4) is 0 Å². The van der Waals surface area contributed by atoms with Gasteiger partial charge in [0.15, 0.2) is 36.6 Å². The Labute approximate surface area is 196 Å². The third-order valence-corrected chi connectivity index (χ3v) is 2.42. The Kier molecular flexibility index (Phi) is 24.2. The van der Waals surface area contributed by atoms with Gasteiger partial charge in [0, 0.05) is 34.1 Å². The molecule has 0 aromatic carbocycles. The van der Waals surface area contributed by atoms with E-state index in [4.69, 9.17) is 61.3 Å². The molecular weight excluding hydrogens is 542 g/mol. The van der Waals surface area contributed by atoms with Gasteiger partial charge in [-0.25, -0.2) is 28.8 Å². The molecule has 188 valence electrons. The molecule has 0 amide bonds. The maximum atomic E-state index is 9.77. The predicted molar refractivity (Wildman–Crippen MR) is 81.9 cm³/mol. The van der Waals surface area contributed by atoms with Crippen molar-refractivity contribution in [3.63, 3.8) is 0 Å². The van der Waals surface area contributed by atoms with Crippen LogP contribution in [0, 0.1) is 0 Å². The zero-order valence-electron chi connectivity index (χ0n) is 15.0. The van der Waals surface area contributed by atoms with Gasteiger partial charge >= 0.3 is 35.8 Å². The average molecular weight is 560 g/mol. The van der Waals surface area contributed by atoms with Crippen LogP contribution in [0.25, 0.3) is 0 Å². The Morgan fingerprint density at radius 1 is 0.312 bits per heavy atom. The third kappa shape index (κ3) is 17.3. The number of carboxylic acids is 6. The molecule has 0 aromatic rings. The van der Waals surface area contributed by atoms with Crippen LogP contribution < -0.4 is 0 Å². The first-order valence-electron chi connectivity index (χ1n) is 6.85. The van der Waals surface area contributed by atoms with E-state index in [2.05, 4.69) is 0 Å².